The minimum Gasteiger partial charge on any atom is -0.478 e. The molecule has 3 N–H and O–H groups in total. The van der Waals surface area contributed by atoms with Crippen molar-refractivity contribution >= 4 is 12.0 Å². The number of carboxylic acid groups (broad SMARTS) is 1. The molecule has 1 unspecified atom stereocenters. The Balaban J connectivity index is 1.87. The minimum absolute atomic E-state index is 0.124. The van der Waals surface area contributed by atoms with E-state index in [0.29, 0.717) is 5.69 Å². The van der Waals surface area contributed by atoms with Crippen LogP contribution in [0.4, 0.5) is 4.79 Å². The molecule has 2 amide bonds. The van der Waals surface area contributed by atoms with Crippen molar-refractivity contribution in [1.82, 2.24) is 15.6 Å². The molecule has 2 rings (SSSR count). The molecule has 0 saturated heterocycles. The first-order chi connectivity index (χ1) is 9.88. The topological polar surface area (TPSA) is 91.3 Å². The maximum absolute atomic E-state index is 11.9. The van der Waals surface area contributed by atoms with E-state index in [-0.39, 0.29) is 29.6 Å². The lowest BCUT2D eigenvalue weighted by Gasteiger charge is -2.27. The smallest absolute Gasteiger partial charge is 0.335 e. The van der Waals surface area contributed by atoms with Gasteiger partial charge in [-0.05, 0) is 30.4 Å². The fourth-order valence-electron chi connectivity index (χ4n) is 2.68. The molecule has 0 bridgehead atoms. The summed E-state index contributed by atoms with van der Waals surface area (Å²) in [6.45, 7) is 4.52. The van der Waals surface area contributed by atoms with E-state index in [1.165, 1.54) is 18.3 Å². The van der Waals surface area contributed by atoms with E-state index in [0.717, 1.165) is 19.3 Å². The third-order valence-corrected chi connectivity index (χ3v) is 4.06. The van der Waals surface area contributed by atoms with Crippen LogP contribution in [-0.4, -0.2) is 28.1 Å². The summed E-state index contributed by atoms with van der Waals surface area (Å²) in [7, 11) is 0. The Labute approximate surface area is 124 Å². The Hall–Kier alpha value is -2.11. The number of nitrogens with one attached hydrogen (secondary N) is 2. The van der Waals surface area contributed by atoms with Gasteiger partial charge >= 0.3 is 12.0 Å². The van der Waals surface area contributed by atoms with Crippen LogP contribution in [0.1, 0.15) is 49.2 Å². The monoisotopic (exact) mass is 291 g/mol. The van der Waals surface area contributed by atoms with Crippen LogP contribution in [0.25, 0.3) is 0 Å². The lowest BCUT2D eigenvalue weighted by Crippen LogP contribution is -2.46. The molecule has 114 valence electrons. The summed E-state index contributed by atoms with van der Waals surface area (Å²) < 4.78 is 0. The molecular formula is C15H21N3O3. The molecule has 21 heavy (non-hydrogen) atoms. The molecular weight excluding hydrogens is 270 g/mol. The number of carbonyl (C=O) groups is 2. The summed E-state index contributed by atoms with van der Waals surface area (Å²) in [6.07, 6.45) is 4.66. The predicted octanol–water partition coefficient (Wildman–Crippen LogP) is 2.16. The van der Waals surface area contributed by atoms with Crippen LogP contribution in [0, 0.1) is 5.41 Å². The molecule has 1 fully saturated rings. The molecule has 1 aliphatic rings. The lowest BCUT2D eigenvalue weighted by molar-refractivity contribution is 0.0696. The molecule has 1 aromatic rings. The van der Waals surface area contributed by atoms with Gasteiger partial charge in [-0.3, -0.25) is 4.98 Å². The van der Waals surface area contributed by atoms with Gasteiger partial charge in [-0.25, -0.2) is 9.59 Å². The summed E-state index contributed by atoms with van der Waals surface area (Å²) in [5, 5.41) is 14.6. The van der Waals surface area contributed by atoms with E-state index in [9.17, 15) is 9.59 Å². The van der Waals surface area contributed by atoms with Gasteiger partial charge < -0.3 is 15.7 Å². The average molecular weight is 291 g/mol. The van der Waals surface area contributed by atoms with Crippen molar-refractivity contribution in [3.05, 3.63) is 29.6 Å². The Morgan fingerprint density at radius 2 is 2.24 bits per heavy atom. The third kappa shape index (κ3) is 3.93. The predicted molar refractivity (Wildman–Crippen MR) is 78.0 cm³/mol. The SMILES string of the molecule is CC1(C)CCCC1NC(=O)NCc1cc(C(=O)O)ccn1. The van der Waals surface area contributed by atoms with Crippen molar-refractivity contribution in [2.75, 3.05) is 0 Å². The second-order valence-electron chi connectivity index (χ2n) is 6.10. The normalized spacial score (nSPS) is 20.0. The minimum atomic E-state index is -1.00. The molecule has 1 saturated carbocycles. The highest BCUT2D eigenvalue weighted by Gasteiger charge is 2.35. The van der Waals surface area contributed by atoms with E-state index in [2.05, 4.69) is 29.5 Å². The van der Waals surface area contributed by atoms with Crippen molar-refractivity contribution in [1.29, 1.82) is 0 Å². The standard InChI is InChI=1S/C15H21N3O3/c1-15(2)6-3-4-12(15)18-14(21)17-9-11-8-10(13(19)20)5-7-16-11/h5,7-8,12H,3-4,6,9H2,1-2H3,(H,19,20)(H2,17,18,21). The quantitative estimate of drug-likeness (QED) is 0.792. The summed E-state index contributed by atoms with van der Waals surface area (Å²) in [5.74, 6) is -1.00. The number of carbonyl (C=O) groups excluding carboxylic acids is 1. The summed E-state index contributed by atoms with van der Waals surface area (Å²) >= 11 is 0. The Morgan fingerprint density at radius 1 is 1.48 bits per heavy atom. The van der Waals surface area contributed by atoms with E-state index in [1.807, 2.05) is 0 Å². The zero-order chi connectivity index (χ0) is 15.5. The number of rotatable bonds is 4. The van der Waals surface area contributed by atoms with E-state index in [1.54, 1.807) is 0 Å². The van der Waals surface area contributed by atoms with E-state index >= 15 is 0 Å². The maximum Gasteiger partial charge on any atom is 0.335 e. The number of aromatic nitrogens is 1. The Kier molecular flexibility index (Phi) is 4.45. The average Bonchev–Trinajstić information content (AvgIpc) is 2.76. The number of hydrogen-bond acceptors (Lipinski definition) is 3. The Morgan fingerprint density at radius 3 is 2.86 bits per heavy atom. The molecule has 1 aromatic heterocycles. The summed E-state index contributed by atoms with van der Waals surface area (Å²) in [4.78, 5) is 26.8. The van der Waals surface area contributed by atoms with E-state index < -0.39 is 5.97 Å². The van der Waals surface area contributed by atoms with Crippen molar-refractivity contribution < 1.29 is 14.7 Å². The fourth-order valence-corrected chi connectivity index (χ4v) is 2.68. The van der Waals surface area contributed by atoms with Gasteiger partial charge in [-0.2, -0.15) is 0 Å². The van der Waals surface area contributed by atoms with Gasteiger partial charge in [0.05, 0.1) is 17.8 Å². The van der Waals surface area contributed by atoms with Crippen molar-refractivity contribution in [3.8, 4) is 0 Å². The van der Waals surface area contributed by atoms with Crippen LogP contribution in [-0.2, 0) is 6.54 Å². The highest BCUT2D eigenvalue weighted by Crippen LogP contribution is 2.36. The van der Waals surface area contributed by atoms with Crippen molar-refractivity contribution in [2.45, 2.75) is 45.7 Å². The lowest BCUT2D eigenvalue weighted by atomic mass is 9.87. The fraction of sp³-hybridized carbons (Fsp3) is 0.533. The van der Waals surface area contributed by atoms with Gasteiger partial charge in [0.15, 0.2) is 0 Å². The van der Waals surface area contributed by atoms with Crippen LogP contribution >= 0.6 is 0 Å². The molecule has 0 aromatic carbocycles. The number of pyridine rings is 1. The molecule has 0 aliphatic heterocycles. The van der Waals surface area contributed by atoms with E-state index in [4.69, 9.17) is 5.11 Å². The molecule has 1 heterocycles. The van der Waals surface area contributed by atoms with Crippen LogP contribution in [0.2, 0.25) is 0 Å². The second-order valence-corrected chi connectivity index (χ2v) is 6.10. The zero-order valence-corrected chi connectivity index (χ0v) is 12.3. The van der Waals surface area contributed by atoms with Gasteiger partial charge in [-0.1, -0.05) is 20.3 Å². The van der Waals surface area contributed by atoms with Gasteiger partial charge in [0.2, 0.25) is 0 Å². The van der Waals surface area contributed by atoms with Gasteiger partial charge in [-0.15, -0.1) is 0 Å². The number of aromatic carboxylic acids is 1. The van der Waals surface area contributed by atoms with Gasteiger partial charge in [0.25, 0.3) is 0 Å². The molecule has 1 aliphatic carbocycles. The first kappa shape index (κ1) is 15.3. The van der Waals surface area contributed by atoms with Crippen LogP contribution in [0.3, 0.4) is 0 Å². The highest BCUT2D eigenvalue weighted by atomic mass is 16.4. The highest BCUT2D eigenvalue weighted by molar-refractivity contribution is 5.87. The zero-order valence-electron chi connectivity index (χ0n) is 12.3. The van der Waals surface area contributed by atoms with Crippen molar-refractivity contribution in [3.63, 3.8) is 0 Å². The molecule has 1 atom stereocenters. The molecule has 6 nitrogen and oxygen atoms in total. The number of amides is 2. The number of nitrogens with zero attached hydrogens (tertiary/aromatic N) is 1. The Bertz CT molecular complexity index is 543. The maximum atomic E-state index is 11.9. The molecule has 0 radical (unpaired) electrons. The molecule has 6 heteroatoms. The first-order valence-electron chi connectivity index (χ1n) is 7.11. The molecule has 0 spiro atoms. The van der Waals surface area contributed by atoms with Crippen LogP contribution in [0.5, 0.6) is 0 Å². The van der Waals surface area contributed by atoms with Gasteiger partial charge in [0, 0.05) is 12.2 Å². The second kappa shape index (κ2) is 6.11. The van der Waals surface area contributed by atoms with Crippen LogP contribution in [0.15, 0.2) is 18.3 Å². The largest absolute Gasteiger partial charge is 0.478 e. The first-order valence-corrected chi connectivity index (χ1v) is 7.11. The third-order valence-electron chi connectivity index (χ3n) is 4.06. The van der Waals surface area contributed by atoms with Crippen molar-refractivity contribution in [2.24, 2.45) is 5.41 Å². The van der Waals surface area contributed by atoms with Crippen LogP contribution < -0.4 is 10.6 Å². The number of hydrogen-bond donors (Lipinski definition) is 3. The van der Waals surface area contributed by atoms with Gasteiger partial charge in [0.1, 0.15) is 0 Å². The number of urea groups is 1. The summed E-state index contributed by atoms with van der Waals surface area (Å²) in [5.41, 5.74) is 0.814. The summed E-state index contributed by atoms with van der Waals surface area (Å²) in [6, 6.07) is 2.82. The number of carboxylic acids is 1.